The summed E-state index contributed by atoms with van der Waals surface area (Å²) in [6, 6.07) is 13.6. The molecule has 0 aliphatic rings. The number of nitrogens with zero attached hydrogens (tertiary/aromatic N) is 3. The Morgan fingerprint density at radius 2 is 1.90 bits per heavy atom. The van der Waals surface area contributed by atoms with Crippen molar-refractivity contribution in [1.82, 2.24) is 14.8 Å². The van der Waals surface area contributed by atoms with Crippen molar-refractivity contribution in [2.75, 3.05) is 0 Å². The number of nitrogen functional groups attached to an aromatic ring is 1. The summed E-state index contributed by atoms with van der Waals surface area (Å²) >= 11 is 0. The summed E-state index contributed by atoms with van der Waals surface area (Å²) in [4.78, 5) is 4.44. The second-order valence-electron chi connectivity index (χ2n) is 4.81. The summed E-state index contributed by atoms with van der Waals surface area (Å²) in [7, 11) is 0. The molecule has 0 aliphatic carbocycles. The lowest BCUT2D eigenvalue weighted by atomic mass is 10.1. The first-order valence-electron chi connectivity index (χ1n) is 6.57. The molecule has 21 heavy (non-hydrogen) atoms. The van der Waals surface area contributed by atoms with Gasteiger partial charge in [-0.05, 0) is 24.6 Å². The van der Waals surface area contributed by atoms with Gasteiger partial charge in [-0.1, -0.05) is 30.3 Å². The minimum Gasteiger partial charge on any atom is -0.384 e. The number of hydrogen-bond donors (Lipinski definition) is 2. The van der Waals surface area contributed by atoms with Gasteiger partial charge >= 0.3 is 0 Å². The van der Waals surface area contributed by atoms with Crippen molar-refractivity contribution in [3.8, 4) is 16.9 Å². The summed E-state index contributed by atoms with van der Waals surface area (Å²) in [5.74, 6) is 0.680. The van der Waals surface area contributed by atoms with E-state index in [0.29, 0.717) is 11.4 Å². The molecule has 3 N–H and O–H groups in total. The van der Waals surface area contributed by atoms with E-state index in [1.165, 1.54) is 0 Å². The highest BCUT2D eigenvalue weighted by atomic mass is 15.3. The Bertz CT molecular complexity index is 789. The molecule has 104 valence electrons. The van der Waals surface area contributed by atoms with Gasteiger partial charge in [-0.15, -0.1) is 0 Å². The van der Waals surface area contributed by atoms with Crippen LogP contribution in [0.15, 0.2) is 54.9 Å². The van der Waals surface area contributed by atoms with Crippen molar-refractivity contribution < 1.29 is 0 Å². The first kappa shape index (κ1) is 13.1. The van der Waals surface area contributed by atoms with Crippen molar-refractivity contribution in [3.05, 3.63) is 66.1 Å². The monoisotopic (exact) mass is 277 g/mol. The van der Waals surface area contributed by atoms with E-state index < -0.39 is 0 Å². The SMILES string of the molecule is Cc1cc(C(=N)N)cc(-n2cc(-c3ccccc3)cn2)n1. The first-order valence-corrected chi connectivity index (χ1v) is 6.57. The molecule has 5 nitrogen and oxygen atoms in total. The summed E-state index contributed by atoms with van der Waals surface area (Å²) in [6.45, 7) is 1.87. The third kappa shape index (κ3) is 2.67. The number of rotatable bonds is 3. The van der Waals surface area contributed by atoms with Crippen LogP contribution >= 0.6 is 0 Å². The largest absolute Gasteiger partial charge is 0.384 e. The van der Waals surface area contributed by atoms with Gasteiger partial charge in [0.1, 0.15) is 5.84 Å². The fourth-order valence-electron chi connectivity index (χ4n) is 2.15. The van der Waals surface area contributed by atoms with Crippen LogP contribution in [0.5, 0.6) is 0 Å². The standard InChI is InChI=1S/C16H15N5/c1-11-7-13(16(17)18)8-15(20-11)21-10-14(9-19-21)12-5-3-2-4-6-12/h2-10H,1H3,(H3,17,18). The van der Waals surface area contributed by atoms with Crippen molar-refractivity contribution >= 4 is 5.84 Å². The zero-order valence-corrected chi connectivity index (χ0v) is 11.6. The van der Waals surface area contributed by atoms with Crippen LogP contribution in [0.1, 0.15) is 11.3 Å². The van der Waals surface area contributed by atoms with Crippen LogP contribution in [-0.4, -0.2) is 20.6 Å². The van der Waals surface area contributed by atoms with E-state index in [-0.39, 0.29) is 5.84 Å². The van der Waals surface area contributed by atoms with E-state index in [9.17, 15) is 0 Å². The van der Waals surface area contributed by atoms with Gasteiger partial charge in [0.25, 0.3) is 0 Å². The number of nitrogens with two attached hydrogens (primary N) is 1. The molecule has 0 unspecified atom stereocenters. The molecule has 0 atom stereocenters. The van der Waals surface area contributed by atoms with Crippen molar-refractivity contribution in [2.24, 2.45) is 5.73 Å². The third-order valence-electron chi connectivity index (χ3n) is 3.18. The molecular formula is C16H15N5. The molecule has 0 bridgehead atoms. The normalized spacial score (nSPS) is 10.5. The smallest absolute Gasteiger partial charge is 0.154 e. The molecule has 0 fully saturated rings. The third-order valence-corrected chi connectivity index (χ3v) is 3.18. The van der Waals surface area contributed by atoms with E-state index in [4.69, 9.17) is 11.1 Å². The fourth-order valence-corrected chi connectivity index (χ4v) is 2.15. The van der Waals surface area contributed by atoms with Gasteiger partial charge in [0.05, 0.1) is 6.20 Å². The van der Waals surface area contributed by atoms with Crippen LogP contribution in [0.25, 0.3) is 16.9 Å². The zero-order valence-electron chi connectivity index (χ0n) is 11.6. The topological polar surface area (TPSA) is 80.6 Å². The molecule has 0 amide bonds. The van der Waals surface area contributed by atoms with E-state index in [1.54, 1.807) is 23.0 Å². The number of aryl methyl sites for hydroxylation is 1. The van der Waals surface area contributed by atoms with Gasteiger partial charge in [0.15, 0.2) is 5.82 Å². The Hall–Kier alpha value is -2.95. The molecule has 1 aromatic carbocycles. The summed E-state index contributed by atoms with van der Waals surface area (Å²) in [6.07, 6.45) is 3.72. The van der Waals surface area contributed by atoms with Crippen molar-refractivity contribution in [1.29, 1.82) is 5.41 Å². The quantitative estimate of drug-likeness (QED) is 0.570. The first-order chi connectivity index (χ1) is 10.1. The van der Waals surface area contributed by atoms with Crippen molar-refractivity contribution in [3.63, 3.8) is 0 Å². The molecule has 2 heterocycles. The van der Waals surface area contributed by atoms with Crippen LogP contribution in [0, 0.1) is 12.3 Å². The molecule has 0 radical (unpaired) electrons. The number of amidine groups is 1. The van der Waals surface area contributed by atoms with Crippen LogP contribution in [-0.2, 0) is 0 Å². The predicted molar refractivity (Wildman–Crippen MR) is 82.5 cm³/mol. The fraction of sp³-hybridized carbons (Fsp3) is 0.0625. The van der Waals surface area contributed by atoms with Crippen molar-refractivity contribution in [2.45, 2.75) is 6.92 Å². The Morgan fingerprint density at radius 1 is 1.14 bits per heavy atom. The van der Waals surface area contributed by atoms with Gasteiger partial charge in [-0.3, -0.25) is 5.41 Å². The van der Waals surface area contributed by atoms with Crippen LogP contribution in [0.4, 0.5) is 0 Å². The molecule has 0 saturated carbocycles. The van der Waals surface area contributed by atoms with Crippen LogP contribution < -0.4 is 5.73 Å². The minimum absolute atomic E-state index is 0.0252. The second-order valence-corrected chi connectivity index (χ2v) is 4.81. The minimum atomic E-state index is 0.0252. The van der Waals surface area contributed by atoms with Crippen LogP contribution in [0.2, 0.25) is 0 Å². The Labute approximate surface area is 122 Å². The number of aromatic nitrogens is 3. The lowest BCUT2D eigenvalue weighted by Crippen LogP contribution is -2.13. The molecule has 5 heteroatoms. The zero-order chi connectivity index (χ0) is 14.8. The lowest BCUT2D eigenvalue weighted by molar-refractivity contribution is 0.840. The Kier molecular flexibility index (Phi) is 3.23. The molecule has 2 aromatic heterocycles. The average Bonchev–Trinajstić information content (AvgIpc) is 2.97. The van der Waals surface area contributed by atoms with E-state index in [2.05, 4.69) is 10.1 Å². The van der Waals surface area contributed by atoms with E-state index in [1.807, 2.05) is 43.5 Å². The highest BCUT2D eigenvalue weighted by Crippen LogP contribution is 2.19. The molecule has 3 aromatic rings. The maximum absolute atomic E-state index is 7.55. The molecular weight excluding hydrogens is 262 g/mol. The maximum Gasteiger partial charge on any atom is 0.154 e. The highest BCUT2D eigenvalue weighted by Gasteiger charge is 2.07. The number of benzene rings is 1. The summed E-state index contributed by atoms with van der Waals surface area (Å²) < 4.78 is 1.70. The van der Waals surface area contributed by atoms with Gasteiger partial charge < -0.3 is 5.73 Å². The molecule has 0 saturated heterocycles. The Balaban J connectivity index is 2.02. The highest BCUT2D eigenvalue weighted by molar-refractivity contribution is 5.95. The summed E-state index contributed by atoms with van der Waals surface area (Å²) in [5.41, 5.74) is 9.12. The van der Waals surface area contributed by atoms with Gasteiger partial charge in [0, 0.05) is 23.0 Å². The second kappa shape index (κ2) is 5.20. The van der Waals surface area contributed by atoms with E-state index >= 15 is 0 Å². The molecule has 3 rings (SSSR count). The number of pyridine rings is 1. The number of nitrogens with one attached hydrogen (secondary N) is 1. The summed E-state index contributed by atoms with van der Waals surface area (Å²) in [5, 5.41) is 11.9. The van der Waals surface area contributed by atoms with Gasteiger partial charge in [0.2, 0.25) is 0 Å². The van der Waals surface area contributed by atoms with Crippen LogP contribution in [0.3, 0.4) is 0 Å². The molecule has 0 aliphatic heterocycles. The Morgan fingerprint density at radius 3 is 2.62 bits per heavy atom. The lowest BCUT2D eigenvalue weighted by Gasteiger charge is -2.05. The van der Waals surface area contributed by atoms with Gasteiger partial charge in [-0.25, -0.2) is 9.67 Å². The molecule has 0 spiro atoms. The van der Waals surface area contributed by atoms with E-state index in [0.717, 1.165) is 16.8 Å². The number of hydrogen-bond acceptors (Lipinski definition) is 3. The maximum atomic E-state index is 7.55. The predicted octanol–water partition coefficient (Wildman–Crippen LogP) is 2.53. The van der Waals surface area contributed by atoms with Gasteiger partial charge in [-0.2, -0.15) is 5.10 Å². The average molecular weight is 277 g/mol.